The summed E-state index contributed by atoms with van der Waals surface area (Å²) in [5, 5.41) is 3.03. The van der Waals surface area contributed by atoms with Crippen molar-refractivity contribution in [3.63, 3.8) is 0 Å². The predicted molar refractivity (Wildman–Crippen MR) is 54.4 cm³/mol. The molecular formula is C8H20N4O. The zero-order valence-electron chi connectivity index (χ0n) is 8.47. The first kappa shape index (κ1) is 12.2. The van der Waals surface area contributed by atoms with Crippen molar-refractivity contribution >= 4 is 5.96 Å². The molecule has 0 aromatic carbocycles. The molecule has 0 aliphatic carbocycles. The number of hydrogen-bond acceptors (Lipinski definition) is 3. The molecule has 0 spiro atoms. The third-order valence-corrected chi connectivity index (χ3v) is 1.37. The monoisotopic (exact) mass is 188 g/mol. The van der Waals surface area contributed by atoms with Crippen LogP contribution in [0.15, 0.2) is 4.99 Å². The third-order valence-electron chi connectivity index (χ3n) is 1.37. The number of nitrogens with zero attached hydrogens (tertiary/aromatic N) is 1. The van der Waals surface area contributed by atoms with Crippen LogP contribution in [0.25, 0.3) is 0 Å². The van der Waals surface area contributed by atoms with Crippen molar-refractivity contribution in [2.45, 2.75) is 20.3 Å². The van der Waals surface area contributed by atoms with Gasteiger partial charge >= 0.3 is 0 Å². The molecule has 0 saturated carbocycles. The van der Waals surface area contributed by atoms with Gasteiger partial charge in [0.25, 0.3) is 0 Å². The summed E-state index contributed by atoms with van der Waals surface area (Å²) >= 11 is 0. The lowest BCUT2D eigenvalue weighted by Gasteiger charge is -2.08. The number of nitrogens with two attached hydrogens (primary N) is 1. The van der Waals surface area contributed by atoms with Gasteiger partial charge in [0.2, 0.25) is 5.96 Å². The Kier molecular flexibility index (Phi) is 8.70. The zero-order chi connectivity index (χ0) is 9.94. The van der Waals surface area contributed by atoms with E-state index < -0.39 is 0 Å². The summed E-state index contributed by atoms with van der Waals surface area (Å²) in [6, 6.07) is 0. The summed E-state index contributed by atoms with van der Waals surface area (Å²) in [6.07, 6.45) is 1.01. The Labute approximate surface area is 79.7 Å². The van der Waals surface area contributed by atoms with Crippen LogP contribution in [0.3, 0.4) is 0 Å². The number of ether oxygens (including phenoxy) is 1. The summed E-state index contributed by atoms with van der Waals surface area (Å²) in [7, 11) is 0. The lowest BCUT2D eigenvalue weighted by atomic mass is 10.5. The van der Waals surface area contributed by atoms with Gasteiger partial charge in [-0.1, -0.05) is 6.92 Å². The van der Waals surface area contributed by atoms with Gasteiger partial charge in [0, 0.05) is 19.7 Å². The summed E-state index contributed by atoms with van der Waals surface area (Å²) in [4.78, 5) is 4.17. The third kappa shape index (κ3) is 7.55. The Bertz CT molecular complexity index is 138. The second-order valence-corrected chi connectivity index (χ2v) is 2.50. The van der Waals surface area contributed by atoms with Gasteiger partial charge in [-0.25, -0.2) is 5.84 Å². The highest BCUT2D eigenvalue weighted by Gasteiger charge is 1.92. The van der Waals surface area contributed by atoms with Crippen LogP contribution in [0.1, 0.15) is 20.3 Å². The summed E-state index contributed by atoms with van der Waals surface area (Å²) in [6.45, 7) is 6.94. The Hall–Kier alpha value is -0.810. The molecule has 0 heterocycles. The largest absolute Gasteiger partial charge is 0.380 e. The van der Waals surface area contributed by atoms with E-state index >= 15 is 0 Å². The highest BCUT2D eigenvalue weighted by atomic mass is 16.5. The molecule has 0 radical (unpaired) electrons. The molecule has 0 saturated heterocycles. The van der Waals surface area contributed by atoms with Crippen LogP contribution >= 0.6 is 0 Å². The lowest BCUT2D eigenvalue weighted by Crippen LogP contribution is -2.43. The van der Waals surface area contributed by atoms with Crippen molar-refractivity contribution in [1.29, 1.82) is 0 Å². The maximum absolute atomic E-state index is 5.24. The number of guanidine groups is 1. The van der Waals surface area contributed by atoms with E-state index in [0.29, 0.717) is 12.6 Å². The highest BCUT2D eigenvalue weighted by molar-refractivity contribution is 5.79. The van der Waals surface area contributed by atoms with Crippen LogP contribution in [0.5, 0.6) is 0 Å². The Morgan fingerprint density at radius 1 is 1.46 bits per heavy atom. The molecule has 5 heteroatoms. The number of hydrazine groups is 1. The average Bonchev–Trinajstić information content (AvgIpc) is 2.17. The van der Waals surface area contributed by atoms with Crippen LogP contribution in [-0.2, 0) is 4.74 Å². The Morgan fingerprint density at radius 3 is 2.77 bits per heavy atom. The standard InChI is InChI=1S/C8H20N4O/c1-3-5-10-8(12-9)11-6-7-13-4-2/h3-7,9H2,1-2H3,(H2,10,11,12). The van der Waals surface area contributed by atoms with Crippen LogP contribution in [0.4, 0.5) is 0 Å². The van der Waals surface area contributed by atoms with Gasteiger partial charge in [0.15, 0.2) is 0 Å². The van der Waals surface area contributed by atoms with Crippen molar-refractivity contribution in [3.05, 3.63) is 0 Å². The molecule has 0 amide bonds. The lowest BCUT2D eigenvalue weighted by molar-refractivity contribution is 0.152. The van der Waals surface area contributed by atoms with Crippen molar-refractivity contribution in [1.82, 2.24) is 10.7 Å². The molecule has 0 atom stereocenters. The van der Waals surface area contributed by atoms with Crippen molar-refractivity contribution < 1.29 is 4.74 Å². The first-order valence-electron chi connectivity index (χ1n) is 4.67. The Morgan fingerprint density at radius 2 is 2.23 bits per heavy atom. The minimum absolute atomic E-state index is 0.626. The van der Waals surface area contributed by atoms with Gasteiger partial charge in [-0.15, -0.1) is 0 Å². The quantitative estimate of drug-likeness (QED) is 0.178. The second kappa shape index (κ2) is 9.28. The number of aliphatic imine (C=N–C) groups is 1. The van der Waals surface area contributed by atoms with Gasteiger partial charge in [-0.2, -0.15) is 0 Å². The van der Waals surface area contributed by atoms with E-state index in [-0.39, 0.29) is 0 Å². The second-order valence-electron chi connectivity index (χ2n) is 2.50. The molecule has 0 aliphatic rings. The highest BCUT2D eigenvalue weighted by Crippen LogP contribution is 1.77. The van der Waals surface area contributed by atoms with E-state index in [1.807, 2.05) is 6.92 Å². The van der Waals surface area contributed by atoms with Crippen molar-refractivity contribution in [2.75, 3.05) is 26.3 Å². The van der Waals surface area contributed by atoms with E-state index in [2.05, 4.69) is 22.7 Å². The van der Waals surface area contributed by atoms with Crippen molar-refractivity contribution in [3.8, 4) is 0 Å². The average molecular weight is 188 g/mol. The molecule has 0 aromatic heterocycles. The Balaban J connectivity index is 3.47. The van der Waals surface area contributed by atoms with Gasteiger partial charge in [-0.05, 0) is 13.3 Å². The summed E-state index contributed by atoms with van der Waals surface area (Å²) in [5.74, 6) is 5.87. The number of nitrogens with one attached hydrogen (secondary N) is 2. The fourth-order valence-corrected chi connectivity index (χ4v) is 0.762. The first-order valence-corrected chi connectivity index (χ1v) is 4.67. The van der Waals surface area contributed by atoms with E-state index in [0.717, 1.165) is 26.1 Å². The smallest absolute Gasteiger partial charge is 0.205 e. The first-order chi connectivity index (χ1) is 6.35. The molecule has 5 nitrogen and oxygen atoms in total. The van der Waals surface area contributed by atoms with E-state index in [4.69, 9.17) is 10.6 Å². The molecule has 0 aromatic rings. The normalized spacial score (nSPS) is 11.5. The molecule has 78 valence electrons. The van der Waals surface area contributed by atoms with E-state index in [9.17, 15) is 0 Å². The summed E-state index contributed by atoms with van der Waals surface area (Å²) in [5.41, 5.74) is 2.50. The topological polar surface area (TPSA) is 71.7 Å². The van der Waals surface area contributed by atoms with Gasteiger partial charge in [0.1, 0.15) is 0 Å². The molecular weight excluding hydrogens is 168 g/mol. The zero-order valence-corrected chi connectivity index (χ0v) is 8.47. The molecule has 4 N–H and O–H groups in total. The van der Waals surface area contributed by atoms with E-state index in [1.54, 1.807) is 0 Å². The molecule has 0 fully saturated rings. The number of rotatable bonds is 6. The van der Waals surface area contributed by atoms with Crippen LogP contribution < -0.4 is 16.6 Å². The molecule has 0 bridgehead atoms. The van der Waals surface area contributed by atoms with Crippen LogP contribution in [0, 0.1) is 0 Å². The summed E-state index contributed by atoms with van der Waals surface area (Å²) < 4.78 is 5.15. The predicted octanol–water partition coefficient (Wildman–Crippen LogP) is -0.158. The molecule has 0 rings (SSSR count). The van der Waals surface area contributed by atoms with Gasteiger partial charge < -0.3 is 10.1 Å². The minimum atomic E-state index is 0.626. The maximum Gasteiger partial charge on any atom is 0.205 e. The van der Waals surface area contributed by atoms with E-state index in [1.165, 1.54) is 0 Å². The fraction of sp³-hybridized carbons (Fsp3) is 0.875. The van der Waals surface area contributed by atoms with Crippen molar-refractivity contribution in [2.24, 2.45) is 10.8 Å². The molecule has 0 aliphatic heterocycles. The van der Waals surface area contributed by atoms with Gasteiger partial charge in [-0.3, -0.25) is 10.4 Å². The van der Waals surface area contributed by atoms with Gasteiger partial charge in [0.05, 0.1) is 6.61 Å². The molecule has 13 heavy (non-hydrogen) atoms. The fourth-order valence-electron chi connectivity index (χ4n) is 0.762. The number of hydrogen-bond donors (Lipinski definition) is 3. The molecule has 0 unspecified atom stereocenters. The minimum Gasteiger partial charge on any atom is -0.380 e. The van der Waals surface area contributed by atoms with Crippen LogP contribution in [0.2, 0.25) is 0 Å². The maximum atomic E-state index is 5.24. The SMILES string of the molecule is CCCN=C(NN)NCCOCC. The van der Waals surface area contributed by atoms with Crippen LogP contribution in [-0.4, -0.2) is 32.3 Å².